The van der Waals surface area contributed by atoms with Crippen molar-refractivity contribution in [2.24, 2.45) is 5.73 Å². The zero-order chi connectivity index (χ0) is 10.8. The molecule has 5 N–H and O–H groups in total. The van der Waals surface area contributed by atoms with Gasteiger partial charge in [-0.3, -0.25) is 4.79 Å². The maximum atomic E-state index is 10.6. The number of carboxylic acid groups (broad SMARTS) is 1. The van der Waals surface area contributed by atoms with E-state index in [1.165, 1.54) is 12.1 Å². The molecule has 0 aliphatic carbocycles. The second-order valence-corrected chi connectivity index (χ2v) is 3.95. The van der Waals surface area contributed by atoms with Crippen molar-refractivity contribution in [2.45, 2.75) is 12.5 Å². The van der Waals surface area contributed by atoms with Crippen LogP contribution in [0.15, 0.2) is 18.2 Å². The van der Waals surface area contributed by atoms with Crippen molar-refractivity contribution < 1.29 is 9.90 Å². The van der Waals surface area contributed by atoms with E-state index in [0.29, 0.717) is 6.42 Å². The summed E-state index contributed by atoms with van der Waals surface area (Å²) in [5.41, 5.74) is 8.34. The largest absolute Gasteiger partial charge is 0.480 e. The lowest BCUT2D eigenvalue weighted by molar-refractivity contribution is -0.138. The summed E-state index contributed by atoms with van der Waals surface area (Å²) in [5, 5.41) is 8.68. The maximum Gasteiger partial charge on any atom is 0.320 e. The van der Waals surface area contributed by atoms with Crippen LogP contribution < -0.4 is 15.2 Å². The number of fused-ring (bicyclic) bond motifs is 1. The van der Waals surface area contributed by atoms with E-state index in [2.05, 4.69) is 9.44 Å². The van der Waals surface area contributed by atoms with Crippen molar-refractivity contribution in [1.82, 2.24) is 0 Å². The molecule has 0 unspecified atom stereocenters. The first-order chi connectivity index (χ1) is 7.16. The fourth-order valence-corrected chi connectivity index (χ4v) is 1.99. The van der Waals surface area contributed by atoms with Gasteiger partial charge in [0.15, 0.2) is 0 Å². The molecule has 0 aromatic heterocycles. The van der Waals surface area contributed by atoms with Crippen LogP contribution in [0.25, 0.3) is 0 Å². The number of rotatable bonds is 3. The Bertz CT molecular complexity index is 397. The summed E-state index contributed by atoms with van der Waals surface area (Å²) in [5.74, 6) is -0.976. The summed E-state index contributed by atoms with van der Waals surface area (Å²) in [4.78, 5) is 10.6. The highest BCUT2D eigenvalue weighted by Gasteiger charge is 2.15. The lowest BCUT2D eigenvalue weighted by atomic mass is 10.1. The normalized spacial score (nSPS) is 15.0. The standard InChI is InChI=1S/C9H11N3O2S/c10-6(9(13)14)3-5-1-2-7-8(4-5)12-15-11-7/h1-2,4,6,11-12H,3,10H2,(H,13,14)/t6-/m0/s1. The molecule has 1 heterocycles. The number of anilines is 2. The molecule has 0 saturated carbocycles. The summed E-state index contributed by atoms with van der Waals surface area (Å²) in [7, 11) is 0. The third kappa shape index (κ3) is 2.16. The summed E-state index contributed by atoms with van der Waals surface area (Å²) in [6.07, 6.45) is 0.342. The Kier molecular flexibility index (Phi) is 2.70. The van der Waals surface area contributed by atoms with E-state index >= 15 is 0 Å². The molecule has 6 heteroatoms. The van der Waals surface area contributed by atoms with Crippen molar-refractivity contribution >= 4 is 29.5 Å². The van der Waals surface area contributed by atoms with Gasteiger partial charge in [0.25, 0.3) is 0 Å². The number of aliphatic carboxylic acids is 1. The minimum absolute atomic E-state index is 0.342. The van der Waals surface area contributed by atoms with Crippen LogP contribution >= 0.6 is 12.1 Å². The third-order valence-corrected chi connectivity index (χ3v) is 2.82. The van der Waals surface area contributed by atoms with Gasteiger partial charge in [0.1, 0.15) is 6.04 Å². The Labute approximate surface area is 91.3 Å². The van der Waals surface area contributed by atoms with E-state index in [0.717, 1.165) is 16.9 Å². The van der Waals surface area contributed by atoms with Gasteiger partial charge in [-0.2, -0.15) is 0 Å². The highest BCUT2D eigenvalue weighted by molar-refractivity contribution is 8.02. The molecule has 2 rings (SSSR count). The van der Waals surface area contributed by atoms with Crippen LogP contribution in [0.5, 0.6) is 0 Å². The average Bonchev–Trinajstić information content (AvgIpc) is 2.64. The molecule has 1 aromatic carbocycles. The van der Waals surface area contributed by atoms with Crippen LogP contribution in [-0.2, 0) is 11.2 Å². The lowest BCUT2D eigenvalue weighted by Gasteiger charge is -2.07. The SMILES string of the molecule is N[C@@H](Cc1ccc2c(c1)NSN2)C(=O)O. The number of hydrogen-bond donors (Lipinski definition) is 4. The summed E-state index contributed by atoms with van der Waals surface area (Å²) >= 11 is 1.39. The van der Waals surface area contributed by atoms with E-state index in [9.17, 15) is 4.79 Å². The van der Waals surface area contributed by atoms with Crippen LogP contribution in [0.4, 0.5) is 11.4 Å². The molecule has 5 nitrogen and oxygen atoms in total. The van der Waals surface area contributed by atoms with Gasteiger partial charge in [0.05, 0.1) is 23.5 Å². The molecular weight excluding hydrogens is 214 g/mol. The minimum Gasteiger partial charge on any atom is -0.480 e. The Morgan fingerprint density at radius 3 is 2.93 bits per heavy atom. The quantitative estimate of drug-likeness (QED) is 0.575. The Hall–Kier alpha value is -1.40. The van der Waals surface area contributed by atoms with Gasteiger partial charge >= 0.3 is 5.97 Å². The molecule has 0 bridgehead atoms. The molecule has 1 aromatic rings. The Morgan fingerprint density at radius 1 is 1.47 bits per heavy atom. The van der Waals surface area contributed by atoms with Gasteiger partial charge < -0.3 is 20.3 Å². The monoisotopic (exact) mass is 225 g/mol. The molecule has 15 heavy (non-hydrogen) atoms. The first-order valence-electron chi connectivity index (χ1n) is 4.46. The van der Waals surface area contributed by atoms with Crippen molar-refractivity contribution in [3.05, 3.63) is 23.8 Å². The van der Waals surface area contributed by atoms with Crippen LogP contribution in [0, 0.1) is 0 Å². The molecule has 0 radical (unpaired) electrons. The average molecular weight is 225 g/mol. The topological polar surface area (TPSA) is 87.4 Å². The number of carboxylic acids is 1. The Morgan fingerprint density at radius 2 is 2.20 bits per heavy atom. The van der Waals surface area contributed by atoms with Gasteiger partial charge in [-0.15, -0.1) is 0 Å². The highest BCUT2D eigenvalue weighted by atomic mass is 32.2. The second kappa shape index (κ2) is 4.00. The van der Waals surface area contributed by atoms with Gasteiger partial charge in [-0.05, 0) is 24.1 Å². The van der Waals surface area contributed by atoms with E-state index in [-0.39, 0.29) is 0 Å². The summed E-state index contributed by atoms with van der Waals surface area (Å²) in [6, 6.07) is 4.85. The van der Waals surface area contributed by atoms with Crippen molar-refractivity contribution in [2.75, 3.05) is 9.44 Å². The van der Waals surface area contributed by atoms with E-state index in [1.54, 1.807) is 0 Å². The number of nitrogens with two attached hydrogens (primary N) is 1. The summed E-state index contributed by atoms with van der Waals surface area (Å²) in [6.45, 7) is 0. The van der Waals surface area contributed by atoms with E-state index < -0.39 is 12.0 Å². The molecule has 0 saturated heterocycles. The molecule has 1 aliphatic rings. The molecule has 1 atom stereocenters. The fourth-order valence-electron chi connectivity index (χ4n) is 1.37. The van der Waals surface area contributed by atoms with E-state index in [1.807, 2.05) is 18.2 Å². The zero-order valence-electron chi connectivity index (χ0n) is 7.86. The molecule has 0 fully saturated rings. The highest BCUT2D eigenvalue weighted by Crippen LogP contribution is 2.33. The Balaban J connectivity index is 2.13. The predicted molar refractivity (Wildman–Crippen MR) is 60.6 cm³/mol. The predicted octanol–water partition coefficient (Wildman–Crippen LogP) is 1.04. The molecule has 1 aliphatic heterocycles. The van der Waals surface area contributed by atoms with Crippen LogP contribution in [-0.4, -0.2) is 17.1 Å². The molecule has 80 valence electrons. The number of hydrogen-bond acceptors (Lipinski definition) is 5. The van der Waals surface area contributed by atoms with Gasteiger partial charge in [-0.1, -0.05) is 6.07 Å². The molecule has 0 amide bonds. The lowest BCUT2D eigenvalue weighted by Crippen LogP contribution is -2.32. The number of benzene rings is 1. The smallest absolute Gasteiger partial charge is 0.320 e. The van der Waals surface area contributed by atoms with Crippen LogP contribution in [0.1, 0.15) is 5.56 Å². The summed E-state index contributed by atoms with van der Waals surface area (Å²) < 4.78 is 6.12. The van der Waals surface area contributed by atoms with Gasteiger partial charge in [-0.25, -0.2) is 0 Å². The van der Waals surface area contributed by atoms with Gasteiger partial charge in [0.2, 0.25) is 0 Å². The fraction of sp³-hybridized carbons (Fsp3) is 0.222. The molecular formula is C9H11N3O2S. The van der Waals surface area contributed by atoms with Crippen LogP contribution in [0.2, 0.25) is 0 Å². The second-order valence-electron chi connectivity index (χ2n) is 3.33. The third-order valence-electron chi connectivity index (χ3n) is 2.18. The molecule has 0 spiro atoms. The number of carbonyl (C=O) groups is 1. The number of nitrogens with one attached hydrogen (secondary N) is 2. The van der Waals surface area contributed by atoms with Crippen molar-refractivity contribution in [3.8, 4) is 0 Å². The maximum absolute atomic E-state index is 10.6. The first-order valence-corrected chi connectivity index (χ1v) is 5.27. The van der Waals surface area contributed by atoms with E-state index in [4.69, 9.17) is 10.8 Å². The van der Waals surface area contributed by atoms with Crippen LogP contribution in [0.3, 0.4) is 0 Å². The van der Waals surface area contributed by atoms with Crippen molar-refractivity contribution in [1.29, 1.82) is 0 Å². The van der Waals surface area contributed by atoms with Gasteiger partial charge in [0, 0.05) is 0 Å². The minimum atomic E-state index is -0.976. The van der Waals surface area contributed by atoms with Crippen molar-refractivity contribution in [3.63, 3.8) is 0 Å². The zero-order valence-corrected chi connectivity index (χ0v) is 8.67. The first kappa shape index (κ1) is 10.1.